The van der Waals surface area contributed by atoms with Crippen LogP contribution in [0.4, 0.5) is 0 Å². The Labute approximate surface area is 181 Å². The summed E-state index contributed by atoms with van der Waals surface area (Å²) in [5.41, 5.74) is 3.79. The van der Waals surface area contributed by atoms with E-state index in [1.54, 1.807) is 17.7 Å². The number of fused-ring (bicyclic) bond motifs is 3. The maximum atomic E-state index is 13.3. The second kappa shape index (κ2) is 8.27. The average Bonchev–Trinajstić information content (AvgIpc) is 3.27. The molecule has 2 aliphatic rings. The van der Waals surface area contributed by atoms with Crippen molar-refractivity contribution in [1.82, 2.24) is 24.6 Å². The van der Waals surface area contributed by atoms with Crippen LogP contribution in [0.5, 0.6) is 0 Å². The van der Waals surface area contributed by atoms with Crippen LogP contribution < -0.4 is 10.9 Å². The lowest BCUT2D eigenvalue weighted by Crippen LogP contribution is -2.34. The number of nitrogens with zero attached hydrogens (tertiary/aromatic N) is 4. The predicted molar refractivity (Wildman–Crippen MR) is 121 cm³/mol. The van der Waals surface area contributed by atoms with Crippen molar-refractivity contribution in [1.29, 1.82) is 0 Å². The van der Waals surface area contributed by atoms with Crippen molar-refractivity contribution in [3.63, 3.8) is 0 Å². The molecule has 3 aromatic heterocycles. The van der Waals surface area contributed by atoms with E-state index in [0.29, 0.717) is 12.0 Å². The van der Waals surface area contributed by atoms with Crippen molar-refractivity contribution in [3.8, 4) is 0 Å². The third kappa shape index (κ3) is 3.85. The maximum absolute atomic E-state index is 13.3. The van der Waals surface area contributed by atoms with Gasteiger partial charge < -0.3 is 5.32 Å². The van der Waals surface area contributed by atoms with Gasteiger partial charge in [-0.25, -0.2) is 4.98 Å². The molecule has 0 aromatic carbocycles. The lowest BCUT2D eigenvalue weighted by atomic mass is 9.89. The smallest absolute Gasteiger partial charge is 0.262 e. The molecule has 0 bridgehead atoms. The molecule has 1 unspecified atom stereocenters. The minimum atomic E-state index is 0.181. The topological polar surface area (TPSA) is 64.7 Å². The largest absolute Gasteiger partial charge is 0.309 e. The third-order valence-electron chi connectivity index (χ3n) is 6.91. The van der Waals surface area contributed by atoms with Gasteiger partial charge in [0.1, 0.15) is 4.83 Å². The summed E-state index contributed by atoms with van der Waals surface area (Å²) >= 11 is 1.72. The summed E-state index contributed by atoms with van der Waals surface area (Å²) in [5.74, 6) is 0.634. The van der Waals surface area contributed by atoms with Gasteiger partial charge in [-0.05, 0) is 50.5 Å². The molecule has 0 saturated heterocycles. The van der Waals surface area contributed by atoms with Crippen molar-refractivity contribution < 1.29 is 0 Å². The predicted octanol–water partition coefficient (Wildman–Crippen LogP) is 3.73. The molecule has 5 rings (SSSR count). The summed E-state index contributed by atoms with van der Waals surface area (Å²) in [4.78, 5) is 20.2. The van der Waals surface area contributed by atoms with E-state index in [1.807, 2.05) is 16.3 Å². The monoisotopic (exact) mass is 425 g/mol. The maximum Gasteiger partial charge on any atom is 0.262 e. The quantitative estimate of drug-likeness (QED) is 0.677. The minimum Gasteiger partial charge on any atom is -0.309 e. The summed E-state index contributed by atoms with van der Waals surface area (Å²) < 4.78 is 3.77. The van der Waals surface area contributed by atoms with Crippen LogP contribution in [0, 0.1) is 12.8 Å². The molecule has 1 saturated carbocycles. The number of aromatic nitrogens is 4. The standard InChI is InChI=1S/C23H31N5OS/c1-15-17(13-27(2)26-15)11-24-18-8-9-19-20(10-18)30-22-21(19)23(29)28(14-25-22)12-16-6-4-3-5-7-16/h13-14,16,18,24H,3-12H2,1-2H3. The molecule has 30 heavy (non-hydrogen) atoms. The fourth-order valence-electron chi connectivity index (χ4n) is 5.23. The number of thiophene rings is 1. The van der Waals surface area contributed by atoms with Crippen molar-refractivity contribution >= 4 is 21.6 Å². The van der Waals surface area contributed by atoms with E-state index >= 15 is 0 Å². The van der Waals surface area contributed by atoms with Gasteiger partial charge in [0.15, 0.2) is 0 Å². The van der Waals surface area contributed by atoms with E-state index in [0.717, 1.165) is 48.3 Å². The van der Waals surface area contributed by atoms with Gasteiger partial charge in [0.25, 0.3) is 5.56 Å². The lowest BCUT2D eigenvalue weighted by molar-refractivity contribution is 0.315. The van der Waals surface area contributed by atoms with Gasteiger partial charge in [0, 0.05) is 42.8 Å². The van der Waals surface area contributed by atoms with Gasteiger partial charge in [0.2, 0.25) is 0 Å². The van der Waals surface area contributed by atoms with Crippen LogP contribution in [0.15, 0.2) is 17.3 Å². The highest BCUT2D eigenvalue weighted by atomic mass is 32.1. The van der Waals surface area contributed by atoms with E-state index in [1.165, 1.54) is 48.1 Å². The first kappa shape index (κ1) is 19.9. The number of aryl methyl sites for hydroxylation is 3. The van der Waals surface area contributed by atoms with E-state index < -0.39 is 0 Å². The molecular formula is C23H31N5OS. The molecule has 7 heteroatoms. The Balaban J connectivity index is 1.33. The zero-order chi connectivity index (χ0) is 20.7. The number of rotatable bonds is 5. The number of hydrogen-bond acceptors (Lipinski definition) is 5. The molecule has 6 nitrogen and oxygen atoms in total. The zero-order valence-corrected chi connectivity index (χ0v) is 18.8. The van der Waals surface area contributed by atoms with Crippen molar-refractivity contribution in [3.05, 3.63) is 44.6 Å². The van der Waals surface area contributed by atoms with Crippen LogP contribution in [-0.2, 0) is 33.0 Å². The molecule has 0 amide bonds. The molecule has 1 atom stereocenters. The van der Waals surface area contributed by atoms with E-state index in [9.17, 15) is 4.79 Å². The second-order valence-corrected chi connectivity index (χ2v) is 10.2. The first-order valence-corrected chi connectivity index (χ1v) is 12.1. The summed E-state index contributed by atoms with van der Waals surface area (Å²) in [6, 6.07) is 0.439. The first-order valence-electron chi connectivity index (χ1n) is 11.3. The first-order chi connectivity index (χ1) is 14.6. The Hall–Kier alpha value is -1.99. The summed E-state index contributed by atoms with van der Waals surface area (Å²) in [6.07, 6.45) is 13.3. The van der Waals surface area contributed by atoms with Crippen molar-refractivity contribution in [2.24, 2.45) is 13.0 Å². The summed E-state index contributed by atoms with van der Waals surface area (Å²) in [7, 11) is 1.97. The van der Waals surface area contributed by atoms with Crippen LogP contribution in [0.2, 0.25) is 0 Å². The average molecular weight is 426 g/mol. The number of hydrogen-bond donors (Lipinski definition) is 1. The van der Waals surface area contributed by atoms with E-state index in [4.69, 9.17) is 4.98 Å². The molecule has 0 spiro atoms. The SMILES string of the molecule is Cc1nn(C)cc1CNC1CCc2c(sc3ncn(CC4CCCCC4)c(=O)c23)C1. The molecule has 160 valence electrons. The highest BCUT2D eigenvalue weighted by molar-refractivity contribution is 7.18. The fourth-order valence-corrected chi connectivity index (χ4v) is 6.49. The Morgan fingerprint density at radius 3 is 2.83 bits per heavy atom. The van der Waals surface area contributed by atoms with Crippen LogP contribution in [0.25, 0.3) is 10.2 Å². The minimum absolute atomic E-state index is 0.181. The summed E-state index contributed by atoms with van der Waals surface area (Å²) in [6.45, 7) is 3.74. The molecule has 2 aliphatic carbocycles. The Morgan fingerprint density at radius 1 is 1.23 bits per heavy atom. The zero-order valence-electron chi connectivity index (χ0n) is 18.0. The van der Waals surface area contributed by atoms with Crippen molar-refractivity contribution in [2.45, 2.75) is 77.4 Å². The molecule has 0 radical (unpaired) electrons. The Morgan fingerprint density at radius 2 is 2.07 bits per heavy atom. The molecule has 1 fully saturated rings. The van der Waals surface area contributed by atoms with Gasteiger partial charge >= 0.3 is 0 Å². The van der Waals surface area contributed by atoms with Crippen LogP contribution in [0.3, 0.4) is 0 Å². The summed E-state index contributed by atoms with van der Waals surface area (Å²) in [5, 5.41) is 9.04. The second-order valence-electron chi connectivity index (χ2n) is 9.12. The highest BCUT2D eigenvalue weighted by Crippen LogP contribution is 2.34. The van der Waals surface area contributed by atoms with Crippen LogP contribution in [0.1, 0.15) is 60.2 Å². The fraction of sp³-hybridized carbons (Fsp3) is 0.609. The Kier molecular flexibility index (Phi) is 5.50. The van der Waals surface area contributed by atoms with Gasteiger partial charge in [-0.1, -0.05) is 19.3 Å². The van der Waals surface area contributed by atoms with Crippen LogP contribution >= 0.6 is 11.3 Å². The highest BCUT2D eigenvalue weighted by Gasteiger charge is 2.26. The normalized spacial score (nSPS) is 20.0. The van der Waals surface area contributed by atoms with Gasteiger partial charge in [-0.3, -0.25) is 14.0 Å². The molecule has 3 heterocycles. The van der Waals surface area contributed by atoms with Gasteiger partial charge in [0.05, 0.1) is 17.4 Å². The van der Waals surface area contributed by atoms with Crippen molar-refractivity contribution in [2.75, 3.05) is 0 Å². The number of nitrogens with one attached hydrogen (secondary N) is 1. The Bertz CT molecular complexity index is 1100. The third-order valence-corrected chi connectivity index (χ3v) is 8.07. The van der Waals surface area contributed by atoms with E-state index in [2.05, 4.69) is 23.5 Å². The van der Waals surface area contributed by atoms with Gasteiger partial charge in [-0.2, -0.15) is 5.10 Å². The molecule has 3 aromatic rings. The van der Waals surface area contributed by atoms with Gasteiger partial charge in [-0.15, -0.1) is 11.3 Å². The molecular weight excluding hydrogens is 394 g/mol. The molecule has 1 N–H and O–H groups in total. The lowest BCUT2D eigenvalue weighted by Gasteiger charge is -2.23. The molecule has 0 aliphatic heterocycles. The van der Waals surface area contributed by atoms with E-state index in [-0.39, 0.29) is 5.56 Å². The van der Waals surface area contributed by atoms with Crippen LogP contribution in [-0.4, -0.2) is 25.4 Å².